The van der Waals surface area contributed by atoms with E-state index in [1.54, 1.807) is 0 Å². The molecule has 2 aromatic carbocycles. The zero-order chi connectivity index (χ0) is 14.9. The molecule has 0 fully saturated rings. The highest BCUT2D eigenvalue weighted by molar-refractivity contribution is 5.22. The molecule has 112 valence electrons. The molecule has 0 saturated carbocycles. The first-order valence-electron chi connectivity index (χ1n) is 7.77. The molecule has 21 heavy (non-hydrogen) atoms. The summed E-state index contributed by atoms with van der Waals surface area (Å²) in [6, 6.07) is 19.4. The molecule has 0 bridgehead atoms. The molecule has 2 nitrogen and oxygen atoms in total. The van der Waals surface area contributed by atoms with Gasteiger partial charge in [0.1, 0.15) is 0 Å². The lowest BCUT2D eigenvalue weighted by molar-refractivity contribution is 0.282. The van der Waals surface area contributed by atoms with E-state index in [4.69, 9.17) is 5.11 Å². The van der Waals surface area contributed by atoms with Crippen molar-refractivity contribution in [3.05, 3.63) is 71.3 Å². The highest BCUT2D eigenvalue weighted by atomic mass is 16.3. The topological polar surface area (TPSA) is 32.3 Å². The van der Waals surface area contributed by atoms with E-state index < -0.39 is 0 Å². The fourth-order valence-corrected chi connectivity index (χ4v) is 2.49. The van der Waals surface area contributed by atoms with E-state index in [9.17, 15) is 0 Å². The number of hydrogen-bond donors (Lipinski definition) is 2. The molecular weight excluding hydrogens is 258 g/mol. The predicted molar refractivity (Wildman–Crippen MR) is 88.3 cm³/mol. The number of aliphatic hydroxyl groups is 1. The Morgan fingerprint density at radius 1 is 0.905 bits per heavy atom. The van der Waals surface area contributed by atoms with E-state index in [1.807, 2.05) is 12.1 Å². The fraction of sp³-hybridized carbons (Fsp3) is 0.368. The first kappa shape index (κ1) is 15.7. The number of rotatable bonds is 8. The third-order valence-corrected chi connectivity index (χ3v) is 3.87. The predicted octanol–water partition coefficient (Wildman–Crippen LogP) is 3.33. The van der Waals surface area contributed by atoms with Gasteiger partial charge in [0.25, 0.3) is 0 Å². The molecule has 0 aliphatic heterocycles. The first-order chi connectivity index (χ1) is 10.3. The number of aliphatic hydroxyl groups excluding tert-OH is 1. The minimum Gasteiger partial charge on any atom is -0.392 e. The standard InChI is InChI=1S/C19H25NO/c1-2-19(14-17-6-4-3-5-7-17)20-13-12-16-8-10-18(15-21)11-9-16/h3-11,19-21H,2,12-15H2,1H3. The molecule has 0 spiro atoms. The summed E-state index contributed by atoms with van der Waals surface area (Å²) in [5, 5.41) is 12.7. The number of benzene rings is 2. The molecule has 0 radical (unpaired) electrons. The summed E-state index contributed by atoms with van der Waals surface area (Å²) in [6.45, 7) is 3.34. The Kier molecular flexibility index (Phi) is 6.45. The van der Waals surface area contributed by atoms with Gasteiger partial charge in [-0.2, -0.15) is 0 Å². The summed E-state index contributed by atoms with van der Waals surface area (Å²) < 4.78 is 0. The summed E-state index contributed by atoms with van der Waals surface area (Å²) in [6.07, 6.45) is 3.25. The smallest absolute Gasteiger partial charge is 0.0681 e. The molecule has 2 rings (SSSR count). The van der Waals surface area contributed by atoms with Crippen molar-refractivity contribution in [2.24, 2.45) is 0 Å². The normalized spacial score (nSPS) is 12.3. The van der Waals surface area contributed by atoms with Gasteiger partial charge in [0.05, 0.1) is 6.61 Å². The van der Waals surface area contributed by atoms with E-state index in [0.29, 0.717) is 6.04 Å². The van der Waals surface area contributed by atoms with Crippen LogP contribution in [-0.4, -0.2) is 17.7 Å². The lowest BCUT2D eigenvalue weighted by Gasteiger charge is -2.17. The highest BCUT2D eigenvalue weighted by Crippen LogP contribution is 2.07. The van der Waals surface area contributed by atoms with Crippen molar-refractivity contribution in [1.82, 2.24) is 5.32 Å². The van der Waals surface area contributed by atoms with Crippen LogP contribution in [0.1, 0.15) is 30.0 Å². The van der Waals surface area contributed by atoms with Crippen LogP contribution in [0.3, 0.4) is 0 Å². The molecule has 0 aliphatic rings. The third-order valence-electron chi connectivity index (χ3n) is 3.87. The summed E-state index contributed by atoms with van der Waals surface area (Å²) >= 11 is 0. The van der Waals surface area contributed by atoms with Gasteiger partial charge in [0.15, 0.2) is 0 Å². The van der Waals surface area contributed by atoms with Crippen LogP contribution in [0.5, 0.6) is 0 Å². The van der Waals surface area contributed by atoms with Crippen molar-refractivity contribution in [2.45, 2.75) is 38.8 Å². The minimum atomic E-state index is 0.119. The van der Waals surface area contributed by atoms with Crippen LogP contribution in [0.15, 0.2) is 54.6 Å². The Balaban J connectivity index is 1.77. The van der Waals surface area contributed by atoms with E-state index in [1.165, 1.54) is 11.1 Å². The monoisotopic (exact) mass is 283 g/mol. The van der Waals surface area contributed by atoms with Gasteiger partial charge in [0.2, 0.25) is 0 Å². The lowest BCUT2D eigenvalue weighted by atomic mass is 10.0. The van der Waals surface area contributed by atoms with Crippen LogP contribution in [0.4, 0.5) is 0 Å². The van der Waals surface area contributed by atoms with Gasteiger partial charge in [-0.25, -0.2) is 0 Å². The Bertz CT molecular complexity index is 507. The van der Waals surface area contributed by atoms with E-state index in [2.05, 4.69) is 54.7 Å². The average molecular weight is 283 g/mol. The fourth-order valence-electron chi connectivity index (χ4n) is 2.49. The van der Waals surface area contributed by atoms with Gasteiger partial charge in [-0.3, -0.25) is 0 Å². The minimum absolute atomic E-state index is 0.119. The maximum atomic E-state index is 9.04. The van der Waals surface area contributed by atoms with Crippen LogP contribution >= 0.6 is 0 Å². The quantitative estimate of drug-likeness (QED) is 0.779. The molecule has 2 aromatic rings. The second-order valence-electron chi connectivity index (χ2n) is 5.47. The molecule has 0 aliphatic carbocycles. The second kappa shape index (κ2) is 8.60. The molecule has 0 saturated heterocycles. The maximum absolute atomic E-state index is 9.04. The molecule has 2 heteroatoms. The molecule has 1 unspecified atom stereocenters. The Morgan fingerprint density at radius 2 is 1.57 bits per heavy atom. The van der Waals surface area contributed by atoms with Crippen LogP contribution < -0.4 is 5.32 Å². The number of hydrogen-bond acceptors (Lipinski definition) is 2. The van der Waals surface area contributed by atoms with Crippen molar-refractivity contribution >= 4 is 0 Å². The summed E-state index contributed by atoms with van der Waals surface area (Å²) in [5.74, 6) is 0. The Hall–Kier alpha value is -1.64. The first-order valence-corrected chi connectivity index (χ1v) is 7.77. The SMILES string of the molecule is CCC(Cc1ccccc1)NCCc1ccc(CO)cc1. The van der Waals surface area contributed by atoms with Crippen LogP contribution in [0.25, 0.3) is 0 Å². The van der Waals surface area contributed by atoms with Gasteiger partial charge >= 0.3 is 0 Å². The molecule has 2 N–H and O–H groups in total. The summed E-state index contributed by atoms with van der Waals surface area (Å²) in [5.41, 5.74) is 3.68. The van der Waals surface area contributed by atoms with Crippen molar-refractivity contribution in [3.63, 3.8) is 0 Å². The molecule has 0 aromatic heterocycles. The van der Waals surface area contributed by atoms with Crippen molar-refractivity contribution < 1.29 is 5.11 Å². The average Bonchev–Trinajstić information content (AvgIpc) is 2.55. The molecule has 0 heterocycles. The van der Waals surface area contributed by atoms with Crippen LogP contribution in [-0.2, 0) is 19.4 Å². The summed E-state index contributed by atoms with van der Waals surface area (Å²) in [7, 11) is 0. The zero-order valence-electron chi connectivity index (χ0n) is 12.8. The second-order valence-corrected chi connectivity index (χ2v) is 5.47. The molecule has 1 atom stereocenters. The van der Waals surface area contributed by atoms with Gasteiger partial charge in [-0.15, -0.1) is 0 Å². The van der Waals surface area contributed by atoms with Gasteiger partial charge in [0, 0.05) is 6.04 Å². The molecule has 0 amide bonds. The van der Waals surface area contributed by atoms with Gasteiger partial charge < -0.3 is 10.4 Å². The third kappa shape index (κ3) is 5.33. The molecular formula is C19H25NO. The van der Waals surface area contributed by atoms with E-state index in [0.717, 1.165) is 31.4 Å². The van der Waals surface area contributed by atoms with E-state index in [-0.39, 0.29) is 6.61 Å². The van der Waals surface area contributed by atoms with Crippen molar-refractivity contribution in [3.8, 4) is 0 Å². The van der Waals surface area contributed by atoms with Crippen LogP contribution in [0.2, 0.25) is 0 Å². The highest BCUT2D eigenvalue weighted by Gasteiger charge is 2.06. The maximum Gasteiger partial charge on any atom is 0.0681 e. The van der Waals surface area contributed by atoms with Crippen molar-refractivity contribution in [2.75, 3.05) is 6.54 Å². The van der Waals surface area contributed by atoms with Crippen LogP contribution in [0, 0.1) is 0 Å². The summed E-state index contributed by atoms with van der Waals surface area (Å²) in [4.78, 5) is 0. The van der Waals surface area contributed by atoms with Gasteiger partial charge in [-0.1, -0.05) is 61.5 Å². The Labute approximate surface area is 127 Å². The van der Waals surface area contributed by atoms with E-state index >= 15 is 0 Å². The lowest BCUT2D eigenvalue weighted by Crippen LogP contribution is -2.32. The van der Waals surface area contributed by atoms with Crippen molar-refractivity contribution in [1.29, 1.82) is 0 Å². The largest absolute Gasteiger partial charge is 0.392 e. The zero-order valence-corrected chi connectivity index (χ0v) is 12.8. The number of nitrogens with one attached hydrogen (secondary N) is 1. The van der Waals surface area contributed by atoms with Gasteiger partial charge in [-0.05, 0) is 42.5 Å². The Morgan fingerprint density at radius 3 is 2.19 bits per heavy atom.